The summed E-state index contributed by atoms with van der Waals surface area (Å²) in [5, 5.41) is 19.0. The van der Waals surface area contributed by atoms with E-state index >= 15 is 0 Å². The van der Waals surface area contributed by atoms with E-state index in [0.717, 1.165) is 5.57 Å². The van der Waals surface area contributed by atoms with E-state index in [1.165, 1.54) is 0 Å². The molecule has 0 saturated carbocycles. The fourth-order valence-corrected chi connectivity index (χ4v) is 1.47. The number of nitriles is 1. The molecule has 1 aliphatic carbocycles. The zero-order valence-corrected chi connectivity index (χ0v) is 6.91. The van der Waals surface area contributed by atoms with E-state index in [4.69, 9.17) is 5.26 Å². The molecule has 0 amide bonds. The van der Waals surface area contributed by atoms with Crippen molar-refractivity contribution >= 4 is 0 Å². The monoisotopic (exact) mass is 166 g/mol. The summed E-state index contributed by atoms with van der Waals surface area (Å²) in [5.41, 5.74) is 1.07. The minimum atomic E-state index is -0.330. The summed E-state index contributed by atoms with van der Waals surface area (Å²) < 4.78 is 0. The van der Waals surface area contributed by atoms with Gasteiger partial charge in [0.1, 0.15) is 0 Å². The maximum Gasteiger partial charge on any atom is 0.245 e. The molecule has 1 rings (SSSR count). The topological polar surface area (TPSA) is 66.9 Å². The Balaban J connectivity index is 2.79. The Labute approximate surface area is 70.6 Å². The van der Waals surface area contributed by atoms with Gasteiger partial charge in [0, 0.05) is 12.0 Å². The minimum absolute atomic E-state index is 0.0197. The molecule has 0 aromatic carbocycles. The zero-order valence-electron chi connectivity index (χ0n) is 6.91. The molecule has 0 saturated heterocycles. The standard InChI is InChI=1S/C8H10N2O2/c1-6-4-7(5-9)2-3-8(6)10(11)12/h7H,2-4H2,1H3. The van der Waals surface area contributed by atoms with Gasteiger partial charge in [-0.15, -0.1) is 0 Å². The molecule has 0 radical (unpaired) electrons. The molecule has 0 heterocycles. The molecule has 0 spiro atoms. The van der Waals surface area contributed by atoms with Crippen LogP contribution in [0.4, 0.5) is 0 Å². The second-order valence-electron chi connectivity index (χ2n) is 3.05. The maximum absolute atomic E-state index is 10.4. The highest BCUT2D eigenvalue weighted by Gasteiger charge is 2.24. The smallest absolute Gasteiger partial charge is 0.245 e. The highest BCUT2D eigenvalue weighted by atomic mass is 16.6. The second kappa shape index (κ2) is 3.35. The Morgan fingerprint density at radius 1 is 1.75 bits per heavy atom. The lowest BCUT2D eigenvalue weighted by Crippen LogP contribution is -2.12. The molecule has 1 atom stereocenters. The van der Waals surface area contributed by atoms with Gasteiger partial charge in [-0.3, -0.25) is 10.1 Å². The predicted molar refractivity (Wildman–Crippen MR) is 42.6 cm³/mol. The van der Waals surface area contributed by atoms with Gasteiger partial charge in [-0.25, -0.2) is 0 Å². The molecule has 0 aromatic rings. The molecule has 64 valence electrons. The fraction of sp³-hybridized carbons (Fsp3) is 0.625. The Kier molecular flexibility index (Phi) is 2.44. The van der Waals surface area contributed by atoms with Crippen LogP contribution >= 0.6 is 0 Å². The first-order chi connectivity index (χ1) is 5.65. The SMILES string of the molecule is CC1=C([N+](=O)[O-])CCC(C#N)C1. The molecular weight excluding hydrogens is 156 g/mol. The van der Waals surface area contributed by atoms with E-state index in [9.17, 15) is 10.1 Å². The van der Waals surface area contributed by atoms with Crippen LogP contribution in [0.15, 0.2) is 11.3 Å². The van der Waals surface area contributed by atoms with Crippen LogP contribution in [0.1, 0.15) is 26.2 Å². The first kappa shape index (κ1) is 8.72. The molecule has 1 unspecified atom stereocenters. The number of rotatable bonds is 1. The average Bonchev–Trinajstić information content (AvgIpc) is 2.03. The van der Waals surface area contributed by atoms with Crippen LogP contribution in [0, 0.1) is 27.4 Å². The van der Waals surface area contributed by atoms with Crippen molar-refractivity contribution in [2.24, 2.45) is 5.92 Å². The van der Waals surface area contributed by atoms with Crippen molar-refractivity contribution in [1.29, 1.82) is 5.26 Å². The summed E-state index contributed by atoms with van der Waals surface area (Å²) in [6.07, 6.45) is 1.63. The summed E-state index contributed by atoms with van der Waals surface area (Å²) in [6, 6.07) is 2.14. The molecule has 4 nitrogen and oxygen atoms in total. The molecule has 0 bridgehead atoms. The third-order valence-electron chi connectivity index (χ3n) is 2.18. The van der Waals surface area contributed by atoms with Crippen molar-refractivity contribution in [1.82, 2.24) is 0 Å². The minimum Gasteiger partial charge on any atom is -0.259 e. The van der Waals surface area contributed by atoms with Crippen LogP contribution in [0.25, 0.3) is 0 Å². The van der Waals surface area contributed by atoms with Crippen LogP contribution in [0.3, 0.4) is 0 Å². The van der Waals surface area contributed by atoms with Crippen molar-refractivity contribution in [3.8, 4) is 6.07 Å². The van der Waals surface area contributed by atoms with Gasteiger partial charge in [-0.1, -0.05) is 0 Å². The van der Waals surface area contributed by atoms with E-state index in [0.29, 0.717) is 25.0 Å². The Morgan fingerprint density at radius 3 is 2.83 bits per heavy atom. The summed E-state index contributed by atoms with van der Waals surface area (Å²) in [7, 11) is 0. The van der Waals surface area contributed by atoms with Gasteiger partial charge in [0.2, 0.25) is 5.70 Å². The van der Waals surface area contributed by atoms with Crippen molar-refractivity contribution in [2.45, 2.75) is 26.2 Å². The molecule has 0 N–H and O–H groups in total. The van der Waals surface area contributed by atoms with E-state index in [1.54, 1.807) is 6.92 Å². The van der Waals surface area contributed by atoms with Crippen LogP contribution in [-0.2, 0) is 0 Å². The van der Waals surface area contributed by atoms with Crippen LogP contribution in [0.5, 0.6) is 0 Å². The van der Waals surface area contributed by atoms with Crippen molar-refractivity contribution in [2.75, 3.05) is 0 Å². The van der Waals surface area contributed by atoms with E-state index in [2.05, 4.69) is 6.07 Å². The quantitative estimate of drug-likeness (QED) is 0.441. The summed E-state index contributed by atoms with van der Waals surface area (Å²) in [5.74, 6) is -0.0197. The van der Waals surface area contributed by atoms with Gasteiger partial charge < -0.3 is 0 Å². The molecular formula is C8H10N2O2. The van der Waals surface area contributed by atoms with Gasteiger partial charge in [0.15, 0.2) is 0 Å². The third-order valence-corrected chi connectivity index (χ3v) is 2.18. The number of nitrogens with zero attached hydrogens (tertiary/aromatic N) is 2. The van der Waals surface area contributed by atoms with Gasteiger partial charge in [-0.2, -0.15) is 5.26 Å². The Morgan fingerprint density at radius 2 is 2.42 bits per heavy atom. The molecule has 4 heteroatoms. The highest BCUT2D eigenvalue weighted by molar-refractivity contribution is 5.12. The van der Waals surface area contributed by atoms with Crippen LogP contribution in [-0.4, -0.2) is 4.92 Å². The first-order valence-electron chi connectivity index (χ1n) is 3.87. The van der Waals surface area contributed by atoms with E-state index in [1.807, 2.05) is 0 Å². The average molecular weight is 166 g/mol. The Bertz CT molecular complexity index is 275. The van der Waals surface area contributed by atoms with Crippen LogP contribution < -0.4 is 0 Å². The van der Waals surface area contributed by atoms with E-state index < -0.39 is 0 Å². The zero-order chi connectivity index (χ0) is 9.14. The number of nitro groups is 1. The summed E-state index contributed by atoms with van der Waals surface area (Å²) >= 11 is 0. The van der Waals surface area contributed by atoms with Crippen molar-refractivity contribution in [3.05, 3.63) is 21.4 Å². The van der Waals surface area contributed by atoms with E-state index in [-0.39, 0.29) is 10.8 Å². The van der Waals surface area contributed by atoms with Gasteiger partial charge in [0.05, 0.1) is 16.9 Å². The van der Waals surface area contributed by atoms with Gasteiger partial charge >= 0.3 is 0 Å². The van der Waals surface area contributed by atoms with Crippen molar-refractivity contribution in [3.63, 3.8) is 0 Å². The molecule has 0 aliphatic heterocycles. The number of hydrogen-bond donors (Lipinski definition) is 0. The lowest BCUT2D eigenvalue weighted by molar-refractivity contribution is -0.430. The van der Waals surface area contributed by atoms with Gasteiger partial charge in [-0.05, 0) is 19.8 Å². The van der Waals surface area contributed by atoms with Gasteiger partial charge in [0.25, 0.3) is 0 Å². The number of allylic oxidation sites excluding steroid dienone is 2. The molecule has 0 fully saturated rings. The lowest BCUT2D eigenvalue weighted by Gasteiger charge is -2.14. The first-order valence-corrected chi connectivity index (χ1v) is 3.87. The molecule has 1 aliphatic rings. The Hall–Kier alpha value is -1.37. The highest BCUT2D eigenvalue weighted by Crippen LogP contribution is 2.28. The molecule has 12 heavy (non-hydrogen) atoms. The predicted octanol–water partition coefficient (Wildman–Crippen LogP) is 1.86. The van der Waals surface area contributed by atoms with Crippen LogP contribution in [0.2, 0.25) is 0 Å². The summed E-state index contributed by atoms with van der Waals surface area (Å²) in [4.78, 5) is 10.1. The maximum atomic E-state index is 10.4. The second-order valence-corrected chi connectivity index (χ2v) is 3.05. The normalized spacial score (nSPS) is 23.5. The lowest BCUT2D eigenvalue weighted by atomic mass is 9.89. The number of hydrogen-bond acceptors (Lipinski definition) is 3. The third kappa shape index (κ3) is 1.62. The summed E-state index contributed by atoms with van der Waals surface area (Å²) in [6.45, 7) is 1.74. The fourth-order valence-electron chi connectivity index (χ4n) is 1.47. The largest absolute Gasteiger partial charge is 0.259 e. The molecule has 0 aromatic heterocycles. The van der Waals surface area contributed by atoms with Crippen molar-refractivity contribution < 1.29 is 4.92 Å².